The maximum Gasteiger partial charge on any atom is 0.246 e. The van der Waals surface area contributed by atoms with Gasteiger partial charge in [-0.1, -0.05) is 86.4 Å². The summed E-state index contributed by atoms with van der Waals surface area (Å²) in [5.74, 6) is 0.772. The van der Waals surface area contributed by atoms with Crippen molar-refractivity contribution in [2.24, 2.45) is 5.92 Å². The third-order valence-electron chi connectivity index (χ3n) is 4.95. The van der Waals surface area contributed by atoms with Crippen molar-refractivity contribution in [2.45, 2.75) is 51.2 Å². The first kappa shape index (κ1) is 39.6. The van der Waals surface area contributed by atoms with Gasteiger partial charge in [0.2, 0.25) is 11.8 Å². The van der Waals surface area contributed by atoms with Gasteiger partial charge in [-0.2, -0.15) is 0 Å². The fourth-order valence-corrected chi connectivity index (χ4v) is 5.50. The molecule has 0 saturated heterocycles. The second-order valence-corrected chi connectivity index (χ2v) is 14.5. The highest BCUT2D eigenvalue weighted by Crippen LogP contribution is 2.38. The van der Waals surface area contributed by atoms with Crippen molar-refractivity contribution in [3.63, 3.8) is 0 Å². The van der Waals surface area contributed by atoms with E-state index in [0.29, 0.717) is 70.1 Å². The van der Waals surface area contributed by atoms with Gasteiger partial charge >= 0.3 is 0 Å². The van der Waals surface area contributed by atoms with E-state index >= 15 is 0 Å². The molecule has 1 unspecified atom stereocenters. The van der Waals surface area contributed by atoms with Gasteiger partial charge in [0.25, 0.3) is 0 Å². The summed E-state index contributed by atoms with van der Waals surface area (Å²) in [4.78, 5) is 24.2. The lowest BCUT2D eigenvalue weighted by Crippen LogP contribution is -2.28. The van der Waals surface area contributed by atoms with Crippen LogP contribution in [0.1, 0.15) is 41.0 Å². The van der Waals surface area contributed by atoms with Gasteiger partial charge < -0.3 is 34.3 Å². The van der Waals surface area contributed by atoms with Crippen LogP contribution in [0, 0.1) is 5.92 Å². The minimum absolute atomic E-state index is 0.0145. The number of hydrogen-bond donors (Lipinski definition) is 3. The van der Waals surface area contributed by atoms with Crippen molar-refractivity contribution in [1.29, 1.82) is 0 Å². The number of rotatable bonds is 25. The molecule has 0 heterocycles. The van der Waals surface area contributed by atoms with Crippen LogP contribution in [0.4, 0.5) is 5.69 Å². The first-order valence-electron chi connectivity index (χ1n) is 14.5. The smallest absolute Gasteiger partial charge is 0.246 e. The Balaban J connectivity index is 2.39. The number of allylic oxidation sites excluding steroid dienone is 1. The summed E-state index contributed by atoms with van der Waals surface area (Å²) in [6.45, 7) is 14.6. The Bertz CT molecular complexity index is 917. The molecule has 0 bridgehead atoms. The molecule has 1 aromatic rings. The molecule has 3 N–H and O–H groups in total. The lowest BCUT2D eigenvalue weighted by atomic mass is 10.2. The summed E-state index contributed by atoms with van der Waals surface area (Å²) in [6.07, 6.45) is 6.19. The second-order valence-electron chi connectivity index (χ2n) is 10.6. The van der Waals surface area contributed by atoms with Crippen LogP contribution in [-0.4, -0.2) is 94.2 Å². The Kier molecular flexibility index (Phi) is 22.8. The van der Waals surface area contributed by atoms with E-state index in [4.69, 9.17) is 23.7 Å². The molecule has 10 nitrogen and oxygen atoms in total. The van der Waals surface area contributed by atoms with Gasteiger partial charge in [-0.15, -0.1) is 0 Å². The van der Waals surface area contributed by atoms with Gasteiger partial charge in [0.05, 0.1) is 46.1 Å². The molecular formula is C30H51N3O7S3. The van der Waals surface area contributed by atoms with Crippen LogP contribution < -0.4 is 20.1 Å². The lowest BCUT2D eigenvalue weighted by Gasteiger charge is -2.22. The molecular weight excluding hydrogens is 611 g/mol. The molecule has 0 fully saturated rings. The van der Waals surface area contributed by atoms with Gasteiger partial charge in [0.15, 0.2) is 0 Å². The predicted molar refractivity (Wildman–Crippen MR) is 181 cm³/mol. The summed E-state index contributed by atoms with van der Waals surface area (Å²) >= 11 is 1.56. The number of anilines is 1. The minimum Gasteiger partial charge on any atom is -0.490 e. The third-order valence-corrected chi connectivity index (χ3v) is 8.96. The molecule has 43 heavy (non-hydrogen) atoms. The SMILES string of the molecule is CSNCCOCCOCCC(=O)Nc1cccc(OCC(OCCOCC(=O)NC/C=C/C(C)C)SSC(C)(C)C)c1. The van der Waals surface area contributed by atoms with E-state index in [2.05, 4.69) is 50.0 Å². The summed E-state index contributed by atoms with van der Waals surface area (Å²) in [5, 5.41) is 5.68. The van der Waals surface area contributed by atoms with Gasteiger partial charge in [-0.25, -0.2) is 0 Å². The maximum absolute atomic E-state index is 12.3. The van der Waals surface area contributed by atoms with E-state index in [-0.39, 0.29) is 35.0 Å². The van der Waals surface area contributed by atoms with Crippen LogP contribution in [0.5, 0.6) is 5.75 Å². The van der Waals surface area contributed by atoms with E-state index < -0.39 is 0 Å². The quantitative estimate of drug-likeness (QED) is 0.0424. The van der Waals surface area contributed by atoms with Crippen molar-refractivity contribution < 1.29 is 33.3 Å². The Labute approximate surface area is 270 Å². The maximum atomic E-state index is 12.3. The number of ether oxygens (including phenoxy) is 5. The molecule has 0 aliphatic heterocycles. The fraction of sp³-hybridized carbons (Fsp3) is 0.667. The van der Waals surface area contributed by atoms with Crippen LogP contribution >= 0.6 is 33.5 Å². The van der Waals surface area contributed by atoms with Gasteiger partial charge in [-0.05, 0) is 24.3 Å². The van der Waals surface area contributed by atoms with Crippen molar-refractivity contribution >= 4 is 51.0 Å². The van der Waals surface area contributed by atoms with E-state index in [1.807, 2.05) is 36.6 Å². The summed E-state index contributed by atoms with van der Waals surface area (Å²) in [7, 11) is 3.30. The molecule has 246 valence electrons. The lowest BCUT2D eigenvalue weighted by molar-refractivity contribution is -0.126. The molecule has 1 rings (SSSR count). The molecule has 13 heteroatoms. The Hall–Kier alpha value is -1.45. The van der Waals surface area contributed by atoms with Crippen LogP contribution in [0.15, 0.2) is 36.4 Å². The molecule has 0 spiro atoms. The van der Waals surface area contributed by atoms with Gasteiger partial charge in [0.1, 0.15) is 24.4 Å². The molecule has 1 atom stereocenters. The Morgan fingerprint density at radius 3 is 2.44 bits per heavy atom. The number of amides is 2. The zero-order valence-electron chi connectivity index (χ0n) is 26.5. The first-order chi connectivity index (χ1) is 20.6. The van der Waals surface area contributed by atoms with E-state index in [9.17, 15) is 9.59 Å². The Morgan fingerprint density at radius 1 is 0.977 bits per heavy atom. The normalized spacial score (nSPS) is 12.5. The van der Waals surface area contributed by atoms with E-state index in [0.717, 1.165) is 6.54 Å². The zero-order chi connectivity index (χ0) is 31.8. The van der Waals surface area contributed by atoms with Gasteiger partial charge in [0, 0.05) is 29.6 Å². The second kappa shape index (κ2) is 24.8. The number of carbonyl (C=O) groups is 2. The number of nitrogens with one attached hydrogen (secondary N) is 3. The van der Waals surface area contributed by atoms with Crippen molar-refractivity contribution in [3.8, 4) is 5.75 Å². The highest BCUT2D eigenvalue weighted by molar-refractivity contribution is 8.77. The zero-order valence-corrected chi connectivity index (χ0v) is 28.9. The van der Waals surface area contributed by atoms with Crippen LogP contribution in [-0.2, 0) is 28.5 Å². The molecule has 0 saturated carbocycles. The Morgan fingerprint density at radius 2 is 1.72 bits per heavy atom. The third kappa shape index (κ3) is 24.5. The van der Waals surface area contributed by atoms with Crippen LogP contribution in [0.3, 0.4) is 0 Å². The van der Waals surface area contributed by atoms with Crippen molar-refractivity contribution in [2.75, 3.05) is 77.5 Å². The van der Waals surface area contributed by atoms with Crippen molar-refractivity contribution in [3.05, 3.63) is 36.4 Å². The molecule has 0 aliphatic rings. The van der Waals surface area contributed by atoms with Crippen molar-refractivity contribution in [1.82, 2.24) is 10.0 Å². The summed E-state index contributed by atoms with van der Waals surface area (Å²) in [5.41, 5.74) is 0.386. The standard InChI is InChI=1S/C30H51N3O7S3/c1-24(2)9-8-13-31-28(35)22-38-19-20-39-29(42-43-30(3,4)5)23-40-26-11-7-10-25(21-26)33-27(34)12-15-36-17-18-37-16-14-32-41-6/h7-11,21,24,29,32H,12-20,22-23H2,1-6H3,(H,31,35)(H,33,34)/b9-8+. The average molecular weight is 662 g/mol. The summed E-state index contributed by atoms with van der Waals surface area (Å²) < 4.78 is 31.6. The number of hydrogen-bond acceptors (Lipinski definition) is 11. The average Bonchev–Trinajstić information content (AvgIpc) is 2.95. The predicted octanol–water partition coefficient (Wildman–Crippen LogP) is 5.16. The van der Waals surface area contributed by atoms with E-state index in [1.165, 1.54) is 0 Å². The topological polar surface area (TPSA) is 116 Å². The monoisotopic (exact) mass is 661 g/mol. The molecule has 2 amide bonds. The molecule has 1 aromatic carbocycles. The molecule has 0 aliphatic carbocycles. The molecule has 0 radical (unpaired) electrons. The highest BCUT2D eigenvalue weighted by Gasteiger charge is 2.18. The van der Waals surface area contributed by atoms with Gasteiger partial charge in [-0.3, -0.25) is 14.3 Å². The van der Waals surface area contributed by atoms with Crippen LogP contribution in [0.25, 0.3) is 0 Å². The fourth-order valence-electron chi connectivity index (χ4n) is 3.02. The van der Waals surface area contributed by atoms with E-state index in [1.54, 1.807) is 39.6 Å². The minimum atomic E-state index is -0.260. The number of carbonyl (C=O) groups excluding carboxylic acids is 2. The number of benzene rings is 1. The van der Waals surface area contributed by atoms with Crippen LogP contribution in [0.2, 0.25) is 0 Å². The largest absolute Gasteiger partial charge is 0.490 e. The summed E-state index contributed by atoms with van der Waals surface area (Å²) in [6, 6.07) is 7.26. The molecule has 0 aromatic heterocycles. The highest BCUT2D eigenvalue weighted by atomic mass is 33.1. The first-order valence-corrected chi connectivity index (χ1v) is 17.9.